The minimum Gasteiger partial charge on any atom is -0.370 e. The molecule has 2 amide bonds. The van der Waals surface area contributed by atoms with Crippen molar-refractivity contribution >= 4 is 40.1 Å². The summed E-state index contributed by atoms with van der Waals surface area (Å²) in [6.07, 6.45) is 1.69. The fourth-order valence-corrected chi connectivity index (χ4v) is 5.83. The van der Waals surface area contributed by atoms with Gasteiger partial charge in [0.05, 0.1) is 6.42 Å². The molecule has 5 rings (SSSR count). The monoisotopic (exact) mass is 581 g/mol. The molecule has 0 unspecified atom stereocenters. The number of amides is 2. The zero-order valence-corrected chi connectivity index (χ0v) is 24.5. The highest BCUT2D eigenvalue weighted by Crippen LogP contribution is 2.26. The Bertz CT molecular complexity index is 1590. The number of carbonyl (C=O) groups excluding carboxylic acids is 2. The van der Waals surface area contributed by atoms with E-state index in [0.717, 1.165) is 27.5 Å². The Morgan fingerprint density at radius 3 is 2.43 bits per heavy atom. The summed E-state index contributed by atoms with van der Waals surface area (Å²) < 4.78 is 0. The van der Waals surface area contributed by atoms with Crippen molar-refractivity contribution in [1.82, 2.24) is 15.1 Å². The molecule has 216 valence electrons. The highest BCUT2D eigenvalue weighted by Gasteiger charge is 2.36. The van der Waals surface area contributed by atoms with Crippen molar-refractivity contribution in [3.8, 4) is 11.1 Å². The quantitative estimate of drug-likeness (QED) is 0.141. The number of nitrogens with one attached hydrogen (secondary N) is 2. The van der Waals surface area contributed by atoms with Gasteiger partial charge in [0.15, 0.2) is 5.96 Å². The highest BCUT2D eigenvalue weighted by atomic mass is 35.5. The van der Waals surface area contributed by atoms with E-state index in [-0.39, 0.29) is 29.9 Å². The van der Waals surface area contributed by atoms with Crippen LogP contribution in [0.5, 0.6) is 0 Å². The number of nitrogens with zero attached hydrogens (tertiary/aromatic N) is 2. The second-order valence-electron chi connectivity index (χ2n) is 10.9. The third-order valence-corrected chi connectivity index (χ3v) is 8.16. The van der Waals surface area contributed by atoms with Crippen LogP contribution in [0.1, 0.15) is 35.7 Å². The molecule has 1 saturated heterocycles. The van der Waals surface area contributed by atoms with E-state index >= 15 is 0 Å². The molecular formula is C34H36ClN5O2. The van der Waals surface area contributed by atoms with E-state index in [1.807, 2.05) is 83.5 Å². The molecule has 0 bridgehead atoms. The smallest absolute Gasteiger partial charge is 0.254 e. The highest BCUT2D eigenvalue weighted by molar-refractivity contribution is 6.30. The molecule has 0 spiro atoms. The van der Waals surface area contributed by atoms with Crippen LogP contribution in [0, 0.1) is 5.41 Å². The van der Waals surface area contributed by atoms with Gasteiger partial charge < -0.3 is 20.9 Å². The maximum absolute atomic E-state index is 14.0. The first-order valence-electron chi connectivity index (χ1n) is 14.3. The summed E-state index contributed by atoms with van der Waals surface area (Å²) in [5, 5.41) is 13.2. The average molecular weight is 582 g/mol. The molecule has 0 aliphatic carbocycles. The fourth-order valence-electron chi connectivity index (χ4n) is 5.71. The number of fused-ring (bicyclic) bond motifs is 1. The van der Waals surface area contributed by atoms with E-state index in [0.29, 0.717) is 49.5 Å². The zero-order valence-electron chi connectivity index (χ0n) is 23.7. The van der Waals surface area contributed by atoms with Crippen LogP contribution < -0.4 is 11.1 Å². The van der Waals surface area contributed by atoms with Gasteiger partial charge in [0.1, 0.15) is 0 Å². The van der Waals surface area contributed by atoms with Crippen molar-refractivity contribution in [1.29, 1.82) is 5.41 Å². The van der Waals surface area contributed by atoms with E-state index in [1.165, 1.54) is 0 Å². The maximum Gasteiger partial charge on any atom is 0.254 e. The molecular weight excluding hydrogens is 546 g/mol. The van der Waals surface area contributed by atoms with Crippen LogP contribution in [-0.4, -0.2) is 59.3 Å². The number of guanidine groups is 1. The first-order chi connectivity index (χ1) is 20.3. The Balaban J connectivity index is 1.34. The number of nitrogens with two attached hydrogens (primary N) is 1. The Hall–Kier alpha value is -4.36. The lowest BCUT2D eigenvalue weighted by atomic mass is 9.98. The van der Waals surface area contributed by atoms with Crippen molar-refractivity contribution in [2.45, 2.75) is 38.3 Å². The van der Waals surface area contributed by atoms with Gasteiger partial charge in [0, 0.05) is 42.3 Å². The first kappa shape index (κ1) is 29.1. The summed E-state index contributed by atoms with van der Waals surface area (Å²) >= 11 is 6.07. The molecule has 4 aromatic carbocycles. The van der Waals surface area contributed by atoms with Gasteiger partial charge in [-0.2, -0.15) is 0 Å². The minimum atomic E-state index is -0.165. The van der Waals surface area contributed by atoms with Crippen molar-refractivity contribution < 1.29 is 9.59 Å². The molecule has 0 saturated carbocycles. The SMILES string of the molecule is C[C@@H]1CN(C(=O)c2cccc(-c3ccc(Cl)cc3)c2)[C@@H](CCCNC(=N)N)CN1C(=O)Cc1ccc2ccccc2c1. The first-order valence-corrected chi connectivity index (χ1v) is 14.7. The topological polar surface area (TPSA) is 103 Å². The fraction of sp³-hybridized carbons (Fsp3) is 0.265. The van der Waals surface area contributed by atoms with Crippen LogP contribution in [-0.2, 0) is 11.2 Å². The molecule has 7 nitrogen and oxygen atoms in total. The summed E-state index contributed by atoms with van der Waals surface area (Å²) in [4.78, 5) is 31.4. The normalized spacial score (nSPS) is 16.8. The number of hydrogen-bond acceptors (Lipinski definition) is 3. The molecule has 4 aromatic rings. The maximum atomic E-state index is 14.0. The van der Waals surface area contributed by atoms with Crippen LogP contribution in [0.25, 0.3) is 21.9 Å². The lowest BCUT2D eigenvalue weighted by Crippen LogP contribution is -2.60. The van der Waals surface area contributed by atoms with Crippen LogP contribution in [0.15, 0.2) is 91.0 Å². The number of carbonyl (C=O) groups is 2. The van der Waals surface area contributed by atoms with Crippen LogP contribution in [0.4, 0.5) is 0 Å². The van der Waals surface area contributed by atoms with Gasteiger partial charge in [0.2, 0.25) is 5.91 Å². The third-order valence-electron chi connectivity index (χ3n) is 7.91. The van der Waals surface area contributed by atoms with Gasteiger partial charge in [-0.3, -0.25) is 15.0 Å². The number of piperazine rings is 1. The largest absolute Gasteiger partial charge is 0.370 e. The molecule has 1 heterocycles. The molecule has 8 heteroatoms. The lowest BCUT2D eigenvalue weighted by Gasteiger charge is -2.45. The van der Waals surface area contributed by atoms with Gasteiger partial charge in [-0.25, -0.2) is 0 Å². The molecule has 42 heavy (non-hydrogen) atoms. The Morgan fingerprint density at radius 2 is 1.67 bits per heavy atom. The summed E-state index contributed by atoms with van der Waals surface area (Å²) in [5.41, 5.74) is 8.98. The van der Waals surface area contributed by atoms with Gasteiger partial charge >= 0.3 is 0 Å². The average Bonchev–Trinajstić information content (AvgIpc) is 2.99. The van der Waals surface area contributed by atoms with Gasteiger partial charge in [-0.05, 0) is 71.5 Å². The number of hydrogen-bond donors (Lipinski definition) is 3. The third kappa shape index (κ3) is 6.92. The summed E-state index contributed by atoms with van der Waals surface area (Å²) in [6.45, 7) is 3.44. The Kier molecular flexibility index (Phi) is 9.08. The number of benzene rings is 4. The molecule has 0 aromatic heterocycles. The molecule has 1 aliphatic heterocycles. The molecule has 4 N–H and O–H groups in total. The second kappa shape index (κ2) is 13.1. The predicted octanol–water partition coefficient (Wildman–Crippen LogP) is 5.71. The van der Waals surface area contributed by atoms with E-state index in [2.05, 4.69) is 29.6 Å². The Labute approximate surface area is 251 Å². The summed E-state index contributed by atoms with van der Waals surface area (Å²) in [7, 11) is 0. The van der Waals surface area contributed by atoms with Crippen LogP contribution >= 0.6 is 11.6 Å². The summed E-state index contributed by atoms with van der Waals surface area (Å²) in [6, 6.07) is 29.2. The molecule has 1 fully saturated rings. The number of rotatable bonds is 8. The van der Waals surface area contributed by atoms with E-state index in [9.17, 15) is 9.59 Å². The van der Waals surface area contributed by atoms with Gasteiger partial charge in [0.25, 0.3) is 5.91 Å². The standard InChI is InChI=1S/C34H36ClN5O2/c1-23-21-40(33(42)29-9-4-8-28(20-29)26-13-15-30(35)16-14-26)31(10-5-17-38-34(36)37)22-39(23)32(41)19-24-11-12-25-6-2-3-7-27(25)18-24/h2-4,6-9,11-16,18,20,23,31H,5,10,17,19,21-22H2,1H3,(H4,36,37,38)/t23-,31+/m1/s1. The zero-order chi connectivity index (χ0) is 29.6. The van der Waals surface area contributed by atoms with E-state index in [1.54, 1.807) is 0 Å². The van der Waals surface area contributed by atoms with Crippen LogP contribution in [0.2, 0.25) is 5.02 Å². The van der Waals surface area contributed by atoms with Crippen molar-refractivity contribution in [3.63, 3.8) is 0 Å². The summed E-state index contributed by atoms with van der Waals surface area (Å²) in [5.74, 6) is -0.0725. The van der Waals surface area contributed by atoms with Crippen molar-refractivity contribution in [2.75, 3.05) is 19.6 Å². The van der Waals surface area contributed by atoms with Gasteiger partial charge in [-0.1, -0.05) is 78.3 Å². The van der Waals surface area contributed by atoms with E-state index in [4.69, 9.17) is 22.7 Å². The van der Waals surface area contributed by atoms with Gasteiger partial charge in [-0.15, -0.1) is 0 Å². The van der Waals surface area contributed by atoms with Crippen LogP contribution in [0.3, 0.4) is 0 Å². The predicted molar refractivity (Wildman–Crippen MR) is 170 cm³/mol. The van der Waals surface area contributed by atoms with Crippen molar-refractivity contribution in [3.05, 3.63) is 107 Å². The lowest BCUT2D eigenvalue weighted by molar-refractivity contribution is -0.136. The minimum absolute atomic E-state index is 0.0520. The van der Waals surface area contributed by atoms with Crippen molar-refractivity contribution in [2.24, 2.45) is 5.73 Å². The Morgan fingerprint density at radius 1 is 0.905 bits per heavy atom. The second-order valence-corrected chi connectivity index (χ2v) is 11.4. The molecule has 0 radical (unpaired) electrons. The molecule has 2 atom stereocenters. The van der Waals surface area contributed by atoms with E-state index < -0.39 is 0 Å². The number of halogens is 1. The molecule has 1 aliphatic rings.